The maximum absolute atomic E-state index is 5.99. The van der Waals surface area contributed by atoms with Crippen molar-refractivity contribution in [2.75, 3.05) is 6.61 Å². The van der Waals surface area contributed by atoms with Crippen LogP contribution in [0.1, 0.15) is 54.8 Å². The summed E-state index contributed by atoms with van der Waals surface area (Å²) in [5.41, 5.74) is 2.04. The quantitative estimate of drug-likeness (QED) is 0.700. The third kappa shape index (κ3) is 3.32. The first-order chi connectivity index (χ1) is 12.7. The molecule has 8 heteroatoms. The van der Waals surface area contributed by atoms with E-state index in [1.54, 1.807) is 10.9 Å². The number of rotatable bonds is 5. The molecule has 0 aliphatic carbocycles. The molecule has 4 rings (SSSR count). The topological polar surface area (TPSA) is 83.8 Å². The number of hydrogen-bond acceptors (Lipinski definition) is 6. The minimum absolute atomic E-state index is 0.0452. The van der Waals surface area contributed by atoms with Gasteiger partial charge in [-0.05, 0) is 31.9 Å². The van der Waals surface area contributed by atoms with E-state index < -0.39 is 0 Å². The number of aromatic nitrogens is 6. The Bertz CT molecular complexity index is 893. The summed E-state index contributed by atoms with van der Waals surface area (Å²) >= 11 is 0. The third-order valence-corrected chi connectivity index (χ3v) is 4.59. The Labute approximate surface area is 151 Å². The molecule has 0 aromatic carbocycles. The van der Waals surface area contributed by atoms with Crippen molar-refractivity contribution in [3.8, 4) is 0 Å². The fourth-order valence-corrected chi connectivity index (χ4v) is 3.32. The Morgan fingerprint density at radius 1 is 1.27 bits per heavy atom. The standard InChI is InChI=1S/C18H22N6O2/c1-3-24-14(8-9-19-24)6-7-16-21-22-18(26-16)15-5-4-10-25-17(15)13-11-20-23(2)12-13/h6-9,11-12,15,17H,3-5,10H2,1-2H3/b7-6+/t15-,17+/m1/s1. The van der Waals surface area contributed by atoms with E-state index in [-0.39, 0.29) is 12.0 Å². The van der Waals surface area contributed by atoms with Gasteiger partial charge in [0.05, 0.1) is 23.9 Å². The van der Waals surface area contributed by atoms with Crippen molar-refractivity contribution in [3.05, 3.63) is 47.7 Å². The molecule has 0 N–H and O–H groups in total. The number of ether oxygens (including phenoxy) is 1. The molecule has 0 unspecified atom stereocenters. The van der Waals surface area contributed by atoms with Crippen molar-refractivity contribution in [3.63, 3.8) is 0 Å². The van der Waals surface area contributed by atoms with Crippen LogP contribution < -0.4 is 0 Å². The van der Waals surface area contributed by atoms with E-state index >= 15 is 0 Å². The van der Waals surface area contributed by atoms with Gasteiger partial charge in [0.15, 0.2) is 0 Å². The molecule has 26 heavy (non-hydrogen) atoms. The van der Waals surface area contributed by atoms with Gasteiger partial charge < -0.3 is 9.15 Å². The molecule has 8 nitrogen and oxygen atoms in total. The van der Waals surface area contributed by atoms with Crippen molar-refractivity contribution in [1.29, 1.82) is 0 Å². The lowest BCUT2D eigenvalue weighted by atomic mass is 9.91. The Morgan fingerprint density at radius 2 is 2.19 bits per heavy atom. The van der Waals surface area contributed by atoms with E-state index in [0.717, 1.165) is 37.3 Å². The fourth-order valence-electron chi connectivity index (χ4n) is 3.32. The van der Waals surface area contributed by atoms with Gasteiger partial charge in [0.2, 0.25) is 11.8 Å². The largest absolute Gasteiger partial charge is 0.421 e. The highest BCUT2D eigenvalue weighted by Crippen LogP contribution is 2.40. The lowest BCUT2D eigenvalue weighted by molar-refractivity contribution is -0.00908. The molecule has 0 radical (unpaired) electrons. The molecule has 1 saturated heterocycles. The van der Waals surface area contributed by atoms with Gasteiger partial charge in [-0.15, -0.1) is 10.2 Å². The average Bonchev–Trinajstić information content (AvgIpc) is 3.40. The van der Waals surface area contributed by atoms with E-state index in [9.17, 15) is 0 Å². The first kappa shape index (κ1) is 16.7. The van der Waals surface area contributed by atoms with Crippen LogP contribution >= 0.6 is 0 Å². The minimum Gasteiger partial charge on any atom is -0.421 e. The summed E-state index contributed by atoms with van der Waals surface area (Å²) in [7, 11) is 1.90. The predicted octanol–water partition coefficient (Wildman–Crippen LogP) is 2.83. The van der Waals surface area contributed by atoms with E-state index in [4.69, 9.17) is 9.15 Å². The minimum atomic E-state index is -0.101. The normalized spacial score (nSPS) is 20.8. The SMILES string of the molecule is CCn1nccc1/C=C/c1nnc([C@@H]2CCCO[C@H]2c2cnn(C)c2)o1. The van der Waals surface area contributed by atoms with Crippen LogP contribution in [-0.4, -0.2) is 36.4 Å². The van der Waals surface area contributed by atoms with Gasteiger partial charge in [0, 0.05) is 44.2 Å². The molecule has 4 heterocycles. The fraction of sp³-hybridized carbons (Fsp3) is 0.444. The number of aryl methyl sites for hydroxylation is 2. The van der Waals surface area contributed by atoms with Crippen LogP contribution in [0, 0.1) is 0 Å². The van der Waals surface area contributed by atoms with Crippen LogP contribution in [0.3, 0.4) is 0 Å². The van der Waals surface area contributed by atoms with Gasteiger partial charge in [-0.3, -0.25) is 9.36 Å². The molecule has 1 aliphatic heterocycles. The van der Waals surface area contributed by atoms with E-state index in [0.29, 0.717) is 11.8 Å². The lowest BCUT2D eigenvalue weighted by Gasteiger charge is -2.28. The zero-order valence-corrected chi connectivity index (χ0v) is 14.9. The average molecular weight is 354 g/mol. The first-order valence-corrected chi connectivity index (χ1v) is 8.88. The Morgan fingerprint density at radius 3 is 3.00 bits per heavy atom. The van der Waals surface area contributed by atoms with Crippen LogP contribution in [0.25, 0.3) is 12.2 Å². The zero-order valence-electron chi connectivity index (χ0n) is 14.9. The summed E-state index contributed by atoms with van der Waals surface area (Å²) in [5, 5.41) is 16.9. The summed E-state index contributed by atoms with van der Waals surface area (Å²) in [6.07, 6.45) is 11.2. The van der Waals surface area contributed by atoms with Crippen LogP contribution in [-0.2, 0) is 18.3 Å². The van der Waals surface area contributed by atoms with Crippen LogP contribution in [0.4, 0.5) is 0 Å². The van der Waals surface area contributed by atoms with Crippen LogP contribution in [0.2, 0.25) is 0 Å². The van der Waals surface area contributed by atoms with Crippen molar-refractivity contribution in [2.45, 2.75) is 38.3 Å². The van der Waals surface area contributed by atoms with Crippen molar-refractivity contribution in [1.82, 2.24) is 29.8 Å². The highest BCUT2D eigenvalue weighted by molar-refractivity contribution is 5.63. The number of hydrogen-bond donors (Lipinski definition) is 0. The van der Waals surface area contributed by atoms with Crippen molar-refractivity contribution in [2.24, 2.45) is 7.05 Å². The molecule has 3 aromatic heterocycles. The summed E-state index contributed by atoms with van der Waals surface area (Å²) in [4.78, 5) is 0. The summed E-state index contributed by atoms with van der Waals surface area (Å²) in [5.74, 6) is 1.14. The van der Waals surface area contributed by atoms with Crippen LogP contribution in [0.5, 0.6) is 0 Å². The van der Waals surface area contributed by atoms with Gasteiger partial charge in [-0.25, -0.2) is 0 Å². The number of nitrogens with zero attached hydrogens (tertiary/aromatic N) is 6. The zero-order chi connectivity index (χ0) is 17.9. The van der Waals surface area contributed by atoms with Crippen molar-refractivity contribution < 1.29 is 9.15 Å². The van der Waals surface area contributed by atoms with Crippen LogP contribution in [0.15, 0.2) is 29.1 Å². The maximum atomic E-state index is 5.99. The molecule has 0 saturated carbocycles. The third-order valence-electron chi connectivity index (χ3n) is 4.59. The molecule has 0 spiro atoms. The van der Waals surface area contributed by atoms with E-state index in [1.807, 2.05) is 42.3 Å². The van der Waals surface area contributed by atoms with Gasteiger partial charge >= 0.3 is 0 Å². The monoisotopic (exact) mass is 354 g/mol. The molecule has 2 atom stereocenters. The lowest BCUT2D eigenvalue weighted by Crippen LogP contribution is -2.21. The summed E-state index contributed by atoms with van der Waals surface area (Å²) < 4.78 is 15.6. The molecule has 1 aliphatic rings. The van der Waals surface area contributed by atoms with Gasteiger partial charge in [-0.2, -0.15) is 10.2 Å². The Kier molecular flexibility index (Phi) is 4.66. The second kappa shape index (κ2) is 7.25. The molecule has 3 aromatic rings. The molecular weight excluding hydrogens is 332 g/mol. The molecule has 136 valence electrons. The highest BCUT2D eigenvalue weighted by atomic mass is 16.5. The van der Waals surface area contributed by atoms with E-state index in [1.165, 1.54) is 0 Å². The maximum Gasteiger partial charge on any atom is 0.240 e. The van der Waals surface area contributed by atoms with Gasteiger partial charge in [-0.1, -0.05) is 0 Å². The molecular formula is C18H22N6O2. The van der Waals surface area contributed by atoms with E-state index in [2.05, 4.69) is 27.3 Å². The second-order valence-corrected chi connectivity index (χ2v) is 6.37. The smallest absolute Gasteiger partial charge is 0.240 e. The van der Waals surface area contributed by atoms with Crippen molar-refractivity contribution >= 4 is 12.2 Å². The molecule has 0 amide bonds. The first-order valence-electron chi connectivity index (χ1n) is 8.88. The molecule has 1 fully saturated rings. The summed E-state index contributed by atoms with van der Waals surface area (Å²) in [6.45, 7) is 3.60. The Hall–Kier alpha value is -2.74. The summed E-state index contributed by atoms with van der Waals surface area (Å²) in [6, 6.07) is 1.95. The predicted molar refractivity (Wildman–Crippen MR) is 95.0 cm³/mol. The Balaban J connectivity index is 1.54. The molecule has 0 bridgehead atoms. The highest BCUT2D eigenvalue weighted by Gasteiger charge is 2.33. The second-order valence-electron chi connectivity index (χ2n) is 6.37. The van der Waals surface area contributed by atoms with Gasteiger partial charge in [0.1, 0.15) is 0 Å². The van der Waals surface area contributed by atoms with Gasteiger partial charge in [0.25, 0.3) is 0 Å².